The van der Waals surface area contributed by atoms with Gasteiger partial charge >= 0.3 is 0 Å². The Hall–Kier alpha value is -2.11. The zero-order valence-corrected chi connectivity index (χ0v) is 13.9. The highest BCUT2D eigenvalue weighted by atomic mass is 35.5. The SMILES string of the molecule is CN(CC(=O)Nc1cccc(Cl)c1)C(=O)Cc1ccc(Cl)nc1. The summed E-state index contributed by atoms with van der Waals surface area (Å²) >= 11 is 11.6. The fourth-order valence-electron chi connectivity index (χ4n) is 1.89. The molecule has 0 fully saturated rings. The van der Waals surface area contributed by atoms with Crippen molar-refractivity contribution < 1.29 is 9.59 Å². The van der Waals surface area contributed by atoms with Crippen molar-refractivity contribution in [2.24, 2.45) is 0 Å². The molecule has 1 heterocycles. The molecule has 0 aliphatic heterocycles. The molecule has 5 nitrogen and oxygen atoms in total. The van der Waals surface area contributed by atoms with Gasteiger partial charge in [-0.1, -0.05) is 35.3 Å². The van der Waals surface area contributed by atoms with E-state index >= 15 is 0 Å². The Bertz CT molecular complexity index is 705. The first-order chi connectivity index (χ1) is 10.9. The molecule has 2 aromatic rings. The lowest BCUT2D eigenvalue weighted by molar-refractivity contribution is -0.132. The average molecular weight is 352 g/mol. The monoisotopic (exact) mass is 351 g/mol. The first-order valence-electron chi connectivity index (χ1n) is 6.84. The second kappa shape index (κ2) is 7.94. The summed E-state index contributed by atoms with van der Waals surface area (Å²) in [4.78, 5) is 29.3. The molecule has 0 radical (unpaired) electrons. The van der Waals surface area contributed by atoms with Gasteiger partial charge < -0.3 is 10.2 Å². The lowest BCUT2D eigenvalue weighted by atomic mass is 10.2. The van der Waals surface area contributed by atoms with Gasteiger partial charge in [0, 0.05) is 24.0 Å². The van der Waals surface area contributed by atoms with E-state index in [1.54, 1.807) is 49.6 Å². The Morgan fingerprint density at radius 3 is 2.65 bits per heavy atom. The van der Waals surface area contributed by atoms with E-state index in [1.165, 1.54) is 4.90 Å². The summed E-state index contributed by atoms with van der Waals surface area (Å²) in [7, 11) is 1.57. The number of aromatic nitrogens is 1. The molecule has 0 saturated carbocycles. The zero-order valence-electron chi connectivity index (χ0n) is 12.4. The van der Waals surface area contributed by atoms with Crippen LogP contribution in [0.4, 0.5) is 5.69 Å². The van der Waals surface area contributed by atoms with Crippen LogP contribution in [0, 0.1) is 0 Å². The van der Waals surface area contributed by atoms with Crippen LogP contribution in [0.1, 0.15) is 5.56 Å². The highest BCUT2D eigenvalue weighted by Crippen LogP contribution is 2.14. The average Bonchev–Trinajstić information content (AvgIpc) is 2.49. The van der Waals surface area contributed by atoms with Crippen molar-refractivity contribution >= 4 is 40.7 Å². The van der Waals surface area contributed by atoms with Crippen LogP contribution < -0.4 is 5.32 Å². The lowest BCUT2D eigenvalue weighted by Crippen LogP contribution is -2.35. The fraction of sp³-hybridized carbons (Fsp3) is 0.188. The van der Waals surface area contributed by atoms with Gasteiger partial charge in [0.1, 0.15) is 5.15 Å². The van der Waals surface area contributed by atoms with Crippen LogP contribution in [0.5, 0.6) is 0 Å². The lowest BCUT2D eigenvalue weighted by Gasteiger charge is -2.17. The molecule has 0 aliphatic carbocycles. The number of hydrogen-bond donors (Lipinski definition) is 1. The van der Waals surface area contributed by atoms with E-state index in [9.17, 15) is 9.59 Å². The summed E-state index contributed by atoms with van der Waals surface area (Å²) in [5, 5.41) is 3.59. The van der Waals surface area contributed by atoms with Crippen LogP contribution in [0.2, 0.25) is 10.2 Å². The van der Waals surface area contributed by atoms with E-state index < -0.39 is 0 Å². The molecule has 2 amide bonds. The van der Waals surface area contributed by atoms with E-state index in [0.29, 0.717) is 15.9 Å². The number of carbonyl (C=O) groups excluding carboxylic acids is 2. The Balaban J connectivity index is 1.87. The third kappa shape index (κ3) is 5.54. The van der Waals surface area contributed by atoms with Crippen LogP contribution in [0.15, 0.2) is 42.6 Å². The van der Waals surface area contributed by atoms with Gasteiger partial charge in [-0.05, 0) is 29.8 Å². The Kier molecular flexibility index (Phi) is 5.96. The van der Waals surface area contributed by atoms with Crippen molar-refractivity contribution in [1.29, 1.82) is 0 Å². The number of amides is 2. The van der Waals surface area contributed by atoms with E-state index in [0.717, 1.165) is 5.56 Å². The number of nitrogens with zero attached hydrogens (tertiary/aromatic N) is 2. The van der Waals surface area contributed by atoms with Crippen molar-refractivity contribution in [2.75, 3.05) is 18.9 Å². The molecule has 23 heavy (non-hydrogen) atoms. The second-order valence-electron chi connectivity index (χ2n) is 4.97. The maximum absolute atomic E-state index is 12.1. The molecule has 1 N–H and O–H groups in total. The standard InChI is InChI=1S/C16H15Cl2N3O2/c1-21(16(23)7-11-5-6-14(18)19-9-11)10-15(22)20-13-4-2-3-12(17)8-13/h2-6,8-9H,7,10H2,1H3,(H,20,22). The van der Waals surface area contributed by atoms with Gasteiger partial charge in [-0.25, -0.2) is 4.98 Å². The van der Waals surface area contributed by atoms with E-state index in [-0.39, 0.29) is 24.8 Å². The fourth-order valence-corrected chi connectivity index (χ4v) is 2.19. The van der Waals surface area contributed by atoms with Crippen LogP contribution in [-0.4, -0.2) is 35.3 Å². The number of hydrogen-bond acceptors (Lipinski definition) is 3. The largest absolute Gasteiger partial charge is 0.336 e. The maximum atomic E-state index is 12.1. The second-order valence-corrected chi connectivity index (χ2v) is 5.80. The predicted octanol–water partition coefficient (Wildman–Crippen LogP) is 3.03. The molecule has 0 aliphatic rings. The third-order valence-electron chi connectivity index (χ3n) is 3.06. The molecule has 120 valence electrons. The van der Waals surface area contributed by atoms with Gasteiger partial charge in [0.2, 0.25) is 11.8 Å². The van der Waals surface area contributed by atoms with Gasteiger partial charge in [-0.2, -0.15) is 0 Å². The number of nitrogens with one attached hydrogen (secondary N) is 1. The van der Waals surface area contributed by atoms with Gasteiger partial charge in [-0.15, -0.1) is 0 Å². The topological polar surface area (TPSA) is 62.3 Å². The summed E-state index contributed by atoms with van der Waals surface area (Å²) in [5.74, 6) is -0.479. The smallest absolute Gasteiger partial charge is 0.243 e. The molecule has 1 aromatic heterocycles. The first-order valence-corrected chi connectivity index (χ1v) is 7.59. The van der Waals surface area contributed by atoms with Crippen molar-refractivity contribution in [1.82, 2.24) is 9.88 Å². The highest BCUT2D eigenvalue weighted by molar-refractivity contribution is 6.31. The number of pyridine rings is 1. The van der Waals surface area contributed by atoms with Crippen molar-refractivity contribution in [2.45, 2.75) is 6.42 Å². The summed E-state index contributed by atoms with van der Waals surface area (Å²) in [5.41, 5.74) is 1.33. The van der Waals surface area contributed by atoms with Gasteiger partial charge in [0.15, 0.2) is 0 Å². The van der Waals surface area contributed by atoms with Gasteiger partial charge in [0.25, 0.3) is 0 Å². The first kappa shape index (κ1) is 17.2. The van der Waals surface area contributed by atoms with Gasteiger partial charge in [-0.3, -0.25) is 9.59 Å². The predicted molar refractivity (Wildman–Crippen MR) is 90.7 cm³/mol. The molecule has 0 bridgehead atoms. The summed E-state index contributed by atoms with van der Waals surface area (Å²) < 4.78 is 0. The van der Waals surface area contributed by atoms with E-state index in [1.807, 2.05) is 0 Å². The maximum Gasteiger partial charge on any atom is 0.243 e. The zero-order chi connectivity index (χ0) is 16.8. The number of halogens is 2. The van der Waals surface area contributed by atoms with Crippen molar-refractivity contribution in [3.63, 3.8) is 0 Å². The molecular weight excluding hydrogens is 337 g/mol. The van der Waals surface area contributed by atoms with Crippen molar-refractivity contribution in [3.05, 3.63) is 58.3 Å². The van der Waals surface area contributed by atoms with Crippen LogP contribution in [0.3, 0.4) is 0 Å². The number of carbonyl (C=O) groups is 2. The minimum Gasteiger partial charge on any atom is -0.336 e. The Morgan fingerprint density at radius 1 is 1.22 bits per heavy atom. The van der Waals surface area contributed by atoms with Crippen LogP contribution >= 0.6 is 23.2 Å². The highest BCUT2D eigenvalue weighted by Gasteiger charge is 2.14. The quantitative estimate of drug-likeness (QED) is 0.842. The molecule has 0 atom stereocenters. The Labute approximate surface area is 144 Å². The molecule has 7 heteroatoms. The normalized spacial score (nSPS) is 10.2. The van der Waals surface area contributed by atoms with Crippen LogP contribution in [0.25, 0.3) is 0 Å². The summed E-state index contributed by atoms with van der Waals surface area (Å²) in [6.07, 6.45) is 1.70. The Morgan fingerprint density at radius 2 is 2.00 bits per heavy atom. The molecule has 2 rings (SSSR count). The summed E-state index contributed by atoms with van der Waals surface area (Å²) in [6, 6.07) is 10.2. The minimum atomic E-state index is -0.294. The minimum absolute atomic E-state index is 0.0492. The van der Waals surface area contributed by atoms with Crippen molar-refractivity contribution in [3.8, 4) is 0 Å². The number of likely N-dealkylation sites (N-methyl/N-ethyl adjacent to an activating group) is 1. The molecule has 0 saturated heterocycles. The molecular formula is C16H15Cl2N3O2. The number of benzene rings is 1. The number of anilines is 1. The van der Waals surface area contributed by atoms with E-state index in [4.69, 9.17) is 23.2 Å². The molecule has 0 spiro atoms. The third-order valence-corrected chi connectivity index (χ3v) is 3.52. The summed E-state index contributed by atoms with van der Waals surface area (Å²) in [6.45, 7) is -0.0492. The molecule has 0 unspecified atom stereocenters. The van der Waals surface area contributed by atoms with E-state index in [2.05, 4.69) is 10.3 Å². The molecule has 1 aromatic carbocycles. The number of rotatable bonds is 5. The van der Waals surface area contributed by atoms with Crippen LogP contribution in [-0.2, 0) is 16.0 Å². The van der Waals surface area contributed by atoms with Gasteiger partial charge in [0.05, 0.1) is 13.0 Å².